The first-order valence-electron chi connectivity index (χ1n) is 12.6. The molecule has 0 aliphatic heterocycles. The number of nitrogens with zero attached hydrogens (tertiary/aromatic N) is 5. The van der Waals surface area contributed by atoms with Crippen molar-refractivity contribution >= 4 is 34.1 Å². The summed E-state index contributed by atoms with van der Waals surface area (Å²) in [5.74, 6) is 0. The van der Waals surface area contributed by atoms with Crippen molar-refractivity contribution < 1.29 is 9.85 Å². The number of aromatic nitrogens is 1. The molecule has 0 saturated heterocycles. The van der Waals surface area contributed by atoms with Crippen LogP contribution in [0.15, 0.2) is 109 Å². The van der Waals surface area contributed by atoms with Crippen molar-refractivity contribution in [2.24, 2.45) is 7.05 Å². The molecule has 0 radical (unpaired) electrons. The van der Waals surface area contributed by atoms with Crippen molar-refractivity contribution in [3.05, 3.63) is 129 Å². The van der Waals surface area contributed by atoms with Gasteiger partial charge in [-0.3, -0.25) is 20.2 Å². The predicted molar refractivity (Wildman–Crippen MR) is 159 cm³/mol. The highest BCUT2D eigenvalue weighted by atomic mass is 16.6. The summed E-state index contributed by atoms with van der Waals surface area (Å²) >= 11 is 0. The molecular weight excluding hydrogens is 506 g/mol. The third kappa shape index (κ3) is 5.12. The van der Waals surface area contributed by atoms with Crippen molar-refractivity contribution in [3.63, 3.8) is 0 Å². The molecule has 0 N–H and O–H groups in total. The minimum atomic E-state index is -0.401. The fourth-order valence-corrected chi connectivity index (χ4v) is 4.70. The van der Waals surface area contributed by atoms with Crippen LogP contribution in [-0.2, 0) is 7.05 Å². The number of hydrogen-bond donors (Lipinski definition) is 0. The number of hydrogen-bond acceptors (Lipinski definition) is 6. The van der Waals surface area contributed by atoms with Crippen molar-refractivity contribution in [1.82, 2.24) is 4.57 Å². The fourth-order valence-electron chi connectivity index (χ4n) is 4.70. The Morgan fingerprint density at radius 3 is 1.05 bits per heavy atom. The van der Waals surface area contributed by atoms with Crippen molar-refractivity contribution in [3.8, 4) is 22.5 Å². The minimum absolute atomic E-state index is 0.0677. The first kappa shape index (κ1) is 26.2. The van der Waals surface area contributed by atoms with Gasteiger partial charge in [0.15, 0.2) is 0 Å². The Kier molecular flexibility index (Phi) is 7.03. The van der Waals surface area contributed by atoms with E-state index in [-0.39, 0.29) is 11.4 Å². The molecule has 0 amide bonds. The summed E-state index contributed by atoms with van der Waals surface area (Å²) in [5, 5.41) is 21.9. The molecule has 9 heteroatoms. The third-order valence-electron chi connectivity index (χ3n) is 7.12. The molecule has 40 heavy (non-hydrogen) atoms. The lowest BCUT2D eigenvalue weighted by Gasteiger charge is -2.20. The monoisotopic (exact) mass is 533 g/mol. The highest BCUT2D eigenvalue weighted by Gasteiger charge is 2.13. The van der Waals surface area contributed by atoms with E-state index < -0.39 is 9.85 Å². The van der Waals surface area contributed by atoms with Crippen LogP contribution in [0.2, 0.25) is 0 Å². The lowest BCUT2D eigenvalue weighted by atomic mass is 10.1. The summed E-state index contributed by atoms with van der Waals surface area (Å²) in [7, 11) is 5.90. The van der Waals surface area contributed by atoms with E-state index in [1.54, 1.807) is 24.3 Å². The van der Waals surface area contributed by atoms with Crippen LogP contribution in [0.5, 0.6) is 0 Å². The summed E-state index contributed by atoms with van der Waals surface area (Å²) in [5.41, 5.74) is 8.10. The van der Waals surface area contributed by atoms with Crippen LogP contribution in [-0.4, -0.2) is 28.5 Å². The normalized spacial score (nSPS) is 10.8. The van der Waals surface area contributed by atoms with Crippen LogP contribution >= 0.6 is 0 Å². The van der Waals surface area contributed by atoms with Crippen molar-refractivity contribution in [1.29, 1.82) is 0 Å². The molecule has 1 aromatic heterocycles. The van der Waals surface area contributed by atoms with E-state index in [2.05, 4.69) is 41.0 Å². The molecule has 0 atom stereocenters. The largest absolute Gasteiger partial charge is 0.345 e. The van der Waals surface area contributed by atoms with Gasteiger partial charge in [-0.2, -0.15) is 0 Å². The van der Waals surface area contributed by atoms with Crippen LogP contribution in [0.25, 0.3) is 22.5 Å². The lowest BCUT2D eigenvalue weighted by molar-refractivity contribution is -0.385. The number of nitro benzene ring substituents is 2. The molecule has 0 aliphatic rings. The number of rotatable bonds is 8. The van der Waals surface area contributed by atoms with Gasteiger partial charge in [0.2, 0.25) is 0 Å². The third-order valence-corrected chi connectivity index (χ3v) is 7.12. The quantitative estimate of drug-likeness (QED) is 0.150. The summed E-state index contributed by atoms with van der Waals surface area (Å²) in [6.45, 7) is 0. The Bertz CT molecular complexity index is 1540. The van der Waals surface area contributed by atoms with E-state index in [4.69, 9.17) is 0 Å². The highest BCUT2D eigenvalue weighted by molar-refractivity contribution is 5.74. The molecule has 1 heterocycles. The second-order valence-electron chi connectivity index (χ2n) is 9.42. The summed E-state index contributed by atoms with van der Waals surface area (Å²) < 4.78 is 2.16. The van der Waals surface area contributed by atoms with E-state index >= 15 is 0 Å². The standard InChI is InChI=1S/C31H27N5O4/c1-32(26-12-16-28(17-13-26)35(37)38)24-8-4-22(5-9-24)30-20-21-31(34(30)3)23-6-10-25(11-7-23)33(2)27-14-18-29(19-15-27)36(39)40/h4-21H,1-3H3. The van der Waals surface area contributed by atoms with Gasteiger partial charge >= 0.3 is 0 Å². The van der Waals surface area contributed by atoms with E-state index in [9.17, 15) is 20.2 Å². The van der Waals surface area contributed by atoms with Crippen LogP contribution in [0.3, 0.4) is 0 Å². The maximum Gasteiger partial charge on any atom is 0.269 e. The van der Waals surface area contributed by atoms with Crippen molar-refractivity contribution in [2.75, 3.05) is 23.9 Å². The molecular formula is C31H27N5O4. The minimum Gasteiger partial charge on any atom is -0.345 e. The van der Waals surface area contributed by atoms with E-state index in [1.165, 1.54) is 24.3 Å². The Morgan fingerprint density at radius 2 is 0.775 bits per heavy atom. The maximum atomic E-state index is 10.9. The molecule has 5 aromatic rings. The molecule has 5 rings (SSSR count). The summed E-state index contributed by atoms with van der Waals surface area (Å²) in [4.78, 5) is 25.0. The molecule has 9 nitrogen and oxygen atoms in total. The van der Waals surface area contributed by atoms with Crippen LogP contribution in [0, 0.1) is 20.2 Å². The van der Waals surface area contributed by atoms with Crippen molar-refractivity contribution in [2.45, 2.75) is 0 Å². The topological polar surface area (TPSA) is 97.7 Å². The van der Waals surface area contributed by atoms with E-state index in [1.807, 2.05) is 55.2 Å². The molecule has 4 aromatic carbocycles. The zero-order chi connectivity index (χ0) is 28.4. The molecule has 0 bridgehead atoms. The Labute approximate surface area is 231 Å². The smallest absolute Gasteiger partial charge is 0.269 e. The Morgan fingerprint density at radius 1 is 0.500 bits per heavy atom. The lowest BCUT2D eigenvalue weighted by Crippen LogP contribution is -2.09. The van der Waals surface area contributed by atoms with Gasteiger partial charge in [-0.15, -0.1) is 0 Å². The molecule has 0 saturated carbocycles. The van der Waals surface area contributed by atoms with Gasteiger partial charge in [-0.1, -0.05) is 24.3 Å². The molecule has 0 aliphatic carbocycles. The maximum absolute atomic E-state index is 10.9. The molecule has 0 spiro atoms. The molecule has 0 fully saturated rings. The number of nitro groups is 2. The van der Waals surface area contributed by atoms with Gasteiger partial charge in [0.1, 0.15) is 0 Å². The number of anilines is 4. The molecule has 200 valence electrons. The zero-order valence-corrected chi connectivity index (χ0v) is 22.3. The Hall–Kier alpha value is -5.44. The highest BCUT2D eigenvalue weighted by Crippen LogP contribution is 2.33. The summed E-state index contributed by atoms with van der Waals surface area (Å²) in [6.07, 6.45) is 0. The Balaban J connectivity index is 1.32. The predicted octanol–water partition coefficient (Wildman–Crippen LogP) is 7.71. The van der Waals surface area contributed by atoms with Gasteiger partial charge in [0.05, 0.1) is 9.85 Å². The zero-order valence-electron chi connectivity index (χ0n) is 22.3. The van der Waals surface area contributed by atoms with Gasteiger partial charge < -0.3 is 14.4 Å². The first-order chi connectivity index (χ1) is 19.2. The molecule has 0 unspecified atom stereocenters. The first-order valence-corrected chi connectivity index (χ1v) is 12.6. The number of non-ortho nitro benzene ring substituents is 2. The average molecular weight is 534 g/mol. The number of benzene rings is 4. The average Bonchev–Trinajstić information content (AvgIpc) is 3.37. The second-order valence-corrected chi connectivity index (χ2v) is 9.42. The van der Waals surface area contributed by atoms with Gasteiger partial charge in [-0.05, 0) is 71.8 Å². The van der Waals surface area contributed by atoms with Crippen LogP contribution in [0.1, 0.15) is 0 Å². The van der Waals surface area contributed by atoms with Gasteiger partial charge in [0, 0.05) is 79.5 Å². The SMILES string of the molecule is CN(c1ccc(-c2ccc(-c3ccc(N(C)c4ccc([N+](=O)[O-])cc4)cc3)n2C)cc1)c1ccc([N+](=O)[O-])cc1. The fraction of sp³-hybridized carbons (Fsp3) is 0.0968. The summed E-state index contributed by atoms with van der Waals surface area (Å²) in [6, 6.07) is 33.6. The van der Waals surface area contributed by atoms with Gasteiger partial charge in [0.25, 0.3) is 11.4 Å². The van der Waals surface area contributed by atoms with Gasteiger partial charge in [-0.25, -0.2) is 0 Å². The second kappa shape index (κ2) is 10.7. The van der Waals surface area contributed by atoms with E-state index in [0.717, 1.165) is 45.3 Å². The van der Waals surface area contributed by atoms with Crippen LogP contribution < -0.4 is 9.80 Å². The van der Waals surface area contributed by atoms with Crippen LogP contribution in [0.4, 0.5) is 34.1 Å². The van der Waals surface area contributed by atoms with E-state index in [0.29, 0.717) is 0 Å².